The molecule has 0 bridgehead atoms. The topological polar surface area (TPSA) is 78.4 Å². The Morgan fingerprint density at radius 1 is 1.69 bits per heavy atom. The second kappa shape index (κ2) is 4.36. The Labute approximate surface area is 75.2 Å². The summed E-state index contributed by atoms with van der Waals surface area (Å²) in [6.07, 6.45) is 4.61. The number of likely N-dealkylation sites (N-methyl/N-ethyl adjacent to an activating group) is 1. The standard InChI is InChI=1S/C7H10N4O2/c1-11(5-7(12)10-13)6-4-8-2-3-9-6/h2-4,13H,5H2,1H3,(H,10,12). The molecule has 1 aromatic heterocycles. The van der Waals surface area contributed by atoms with Crippen molar-refractivity contribution in [3.05, 3.63) is 18.6 Å². The predicted molar refractivity (Wildman–Crippen MR) is 45.2 cm³/mol. The molecule has 0 unspecified atom stereocenters. The van der Waals surface area contributed by atoms with Crippen LogP contribution >= 0.6 is 0 Å². The number of hydroxylamine groups is 1. The van der Waals surface area contributed by atoms with E-state index in [9.17, 15) is 4.79 Å². The molecule has 6 nitrogen and oxygen atoms in total. The SMILES string of the molecule is CN(CC(=O)NO)c1cnccn1. The zero-order valence-corrected chi connectivity index (χ0v) is 7.14. The van der Waals surface area contributed by atoms with Crippen molar-refractivity contribution in [2.24, 2.45) is 0 Å². The fourth-order valence-corrected chi connectivity index (χ4v) is 0.820. The molecule has 0 aliphatic heterocycles. The van der Waals surface area contributed by atoms with Crippen molar-refractivity contribution in [3.63, 3.8) is 0 Å². The summed E-state index contributed by atoms with van der Waals surface area (Å²) in [5, 5.41) is 8.27. The third-order valence-electron chi connectivity index (χ3n) is 1.45. The van der Waals surface area contributed by atoms with Crippen molar-refractivity contribution in [2.75, 3.05) is 18.5 Å². The molecule has 1 heterocycles. The van der Waals surface area contributed by atoms with E-state index >= 15 is 0 Å². The van der Waals surface area contributed by atoms with Gasteiger partial charge in [-0.25, -0.2) is 10.5 Å². The maximum atomic E-state index is 10.7. The van der Waals surface area contributed by atoms with Gasteiger partial charge in [0.25, 0.3) is 5.91 Å². The summed E-state index contributed by atoms with van der Waals surface area (Å²) in [6.45, 7) is 0.0369. The molecule has 1 amide bonds. The number of nitrogens with zero attached hydrogens (tertiary/aromatic N) is 3. The Morgan fingerprint density at radius 3 is 3.00 bits per heavy atom. The van der Waals surface area contributed by atoms with E-state index in [1.54, 1.807) is 18.1 Å². The van der Waals surface area contributed by atoms with Gasteiger partial charge in [0.2, 0.25) is 0 Å². The van der Waals surface area contributed by atoms with Crippen LogP contribution in [0, 0.1) is 0 Å². The van der Waals surface area contributed by atoms with Gasteiger partial charge in [-0.1, -0.05) is 0 Å². The number of aromatic nitrogens is 2. The van der Waals surface area contributed by atoms with Crippen LogP contribution in [0.3, 0.4) is 0 Å². The molecule has 0 aromatic carbocycles. The van der Waals surface area contributed by atoms with Crippen LogP contribution in [0.4, 0.5) is 5.82 Å². The summed E-state index contributed by atoms with van der Waals surface area (Å²) in [6, 6.07) is 0. The highest BCUT2D eigenvalue weighted by molar-refractivity contribution is 5.79. The molecule has 0 saturated heterocycles. The van der Waals surface area contributed by atoms with E-state index in [1.807, 2.05) is 0 Å². The molecule has 0 atom stereocenters. The summed E-state index contributed by atoms with van der Waals surface area (Å²) < 4.78 is 0. The lowest BCUT2D eigenvalue weighted by molar-refractivity contribution is -0.127. The molecule has 0 aliphatic rings. The molecular formula is C7H10N4O2. The van der Waals surface area contributed by atoms with Crippen molar-refractivity contribution in [2.45, 2.75) is 0 Å². The average molecular weight is 182 g/mol. The summed E-state index contributed by atoms with van der Waals surface area (Å²) in [5.41, 5.74) is 1.54. The van der Waals surface area contributed by atoms with E-state index in [-0.39, 0.29) is 6.54 Å². The summed E-state index contributed by atoms with van der Waals surface area (Å²) in [4.78, 5) is 20.1. The molecule has 2 N–H and O–H groups in total. The number of hydrogen-bond acceptors (Lipinski definition) is 5. The van der Waals surface area contributed by atoms with E-state index in [0.717, 1.165) is 0 Å². The van der Waals surface area contributed by atoms with Crippen LogP contribution in [-0.4, -0.2) is 34.7 Å². The highest BCUT2D eigenvalue weighted by atomic mass is 16.5. The fraction of sp³-hybridized carbons (Fsp3) is 0.286. The minimum Gasteiger partial charge on any atom is -0.349 e. The molecule has 1 aromatic rings. The van der Waals surface area contributed by atoms with Gasteiger partial charge in [-0.2, -0.15) is 0 Å². The molecular weight excluding hydrogens is 172 g/mol. The van der Waals surface area contributed by atoms with Crippen LogP contribution in [-0.2, 0) is 4.79 Å². The lowest BCUT2D eigenvalue weighted by atomic mass is 10.5. The number of carbonyl (C=O) groups is 1. The predicted octanol–water partition coefficient (Wildman–Crippen LogP) is -0.582. The van der Waals surface area contributed by atoms with E-state index in [4.69, 9.17) is 5.21 Å². The van der Waals surface area contributed by atoms with Gasteiger partial charge in [-0.15, -0.1) is 0 Å². The number of anilines is 1. The van der Waals surface area contributed by atoms with Gasteiger partial charge in [0, 0.05) is 19.4 Å². The second-order valence-corrected chi connectivity index (χ2v) is 2.45. The summed E-state index contributed by atoms with van der Waals surface area (Å²) >= 11 is 0. The van der Waals surface area contributed by atoms with Gasteiger partial charge in [0.15, 0.2) is 0 Å². The third kappa shape index (κ3) is 2.68. The van der Waals surface area contributed by atoms with Gasteiger partial charge < -0.3 is 4.90 Å². The first-order chi connectivity index (χ1) is 6.24. The number of carbonyl (C=O) groups excluding carboxylic acids is 1. The van der Waals surface area contributed by atoms with Gasteiger partial charge in [-0.05, 0) is 0 Å². The van der Waals surface area contributed by atoms with E-state index in [1.165, 1.54) is 17.9 Å². The third-order valence-corrected chi connectivity index (χ3v) is 1.45. The second-order valence-electron chi connectivity index (χ2n) is 2.45. The summed E-state index contributed by atoms with van der Waals surface area (Å²) in [5.74, 6) is 0.0826. The van der Waals surface area contributed by atoms with E-state index in [2.05, 4.69) is 9.97 Å². The highest BCUT2D eigenvalue weighted by Gasteiger charge is 2.06. The van der Waals surface area contributed by atoms with Crippen LogP contribution in [0.2, 0.25) is 0 Å². The smallest absolute Gasteiger partial charge is 0.262 e. The van der Waals surface area contributed by atoms with Gasteiger partial charge in [0.1, 0.15) is 12.4 Å². The Hall–Kier alpha value is -1.69. The molecule has 6 heteroatoms. The Bertz CT molecular complexity index is 277. The van der Waals surface area contributed by atoms with Crippen molar-refractivity contribution in [1.82, 2.24) is 15.4 Å². The quantitative estimate of drug-likeness (QED) is 0.483. The first kappa shape index (κ1) is 9.40. The van der Waals surface area contributed by atoms with Crippen molar-refractivity contribution < 1.29 is 10.0 Å². The van der Waals surface area contributed by atoms with Crippen LogP contribution in [0.25, 0.3) is 0 Å². The lowest BCUT2D eigenvalue weighted by Crippen LogP contribution is -2.33. The largest absolute Gasteiger partial charge is 0.349 e. The number of hydrogen-bond donors (Lipinski definition) is 2. The van der Waals surface area contributed by atoms with Gasteiger partial charge in [0.05, 0.1) is 6.20 Å². The minimum atomic E-state index is -0.492. The van der Waals surface area contributed by atoms with Crippen LogP contribution < -0.4 is 10.4 Å². The molecule has 0 fully saturated rings. The van der Waals surface area contributed by atoms with Gasteiger partial charge in [-0.3, -0.25) is 15.0 Å². The number of rotatable bonds is 3. The molecule has 0 saturated carbocycles. The maximum Gasteiger partial charge on any atom is 0.262 e. The van der Waals surface area contributed by atoms with Crippen LogP contribution in [0.5, 0.6) is 0 Å². The van der Waals surface area contributed by atoms with E-state index < -0.39 is 5.91 Å². The zero-order valence-electron chi connectivity index (χ0n) is 7.14. The molecule has 0 radical (unpaired) electrons. The molecule has 70 valence electrons. The monoisotopic (exact) mass is 182 g/mol. The van der Waals surface area contributed by atoms with E-state index in [0.29, 0.717) is 5.82 Å². The molecule has 0 spiro atoms. The van der Waals surface area contributed by atoms with Crippen molar-refractivity contribution in [3.8, 4) is 0 Å². The first-order valence-corrected chi connectivity index (χ1v) is 3.64. The van der Waals surface area contributed by atoms with Crippen LogP contribution in [0.1, 0.15) is 0 Å². The van der Waals surface area contributed by atoms with Crippen molar-refractivity contribution >= 4 is 11.7 Å². The number of nitrogens with one attached hydrogen (secondary N) is 1. The summed E-state index contributed by atoms with van der Waals surface area (Å²) in [7, 11) is 1.68. The molecule has 13 heavy (non-hydrogen) atoms. The first-order valence-electron chi connectivity index (χ1n) is 3.64. The lowest BCUT2D eigenvalue weighted by Gasteiger charge is -2.15. The number of amides is 1. The Kier molecular flexibility index (Phi) is 3.15. The minimum absolute atomic E-state index is 0.0369. The Morgan fingerprint density at radius 2 is 2.46 bits per heavy atom. The van der Waals surface area contributed by atoms with Crippen molar-refractivity contribution in [1.29, 1.82) is 0 Å². The maximum absolute atomic E-state index is 10.7. The van der Waals surface area contributed by atoms with Gasteiger partial charge >= 0.3 is 0 Å². The van der Waals surface area contributed by atoms with Crippen LogP contribution in [0.15, 0.2) is 18.6 Å². The molecule has 1 rings (SSSR count). The molecule has 0 aliphatic carbocycles. The Balaban J connectivity index is 2.59. The normalized spacial score (nSPS) is 9.38. The fourth-order valence-electron chi connectivity index (χ4n) is 0.820. The average Bonchev–Trinajstić information content (AvgIpc) is 2.19. The zero-order chi connectivity index (χ0) is 9.68. The highest BCUT2D eigenvalue weighted by Crippen LogP contribution is 2.02.